The summed E-state index contributed by atoms with van der Waals surface area (Å²) in [5.74, 6) is -0.658. The molecule has 0 bridgehead atoms. The standard InChI is InChI=1S/C32H44N2O12/c35-15-21-23(37)25(39)27(41)29(45-21)17-7-5-9-19(13-17)31(43)33-11-3-1-2-4-12-34-32(44)20-10-6-8-18(14-20)30-28(42)26(40)24(38)22(16-36)46-30/h5-10,13-14,21-30,35-42H,1-4,11-12,15-16H2,(H,33,43)(H,34,44)/t21-,22-,23-,24-,25+,26+,27-,28+,29-,30-/m1/s1. The lowest BCUT2D eigenvalue weighted by Crippen LogP contribution is -2.55. The van der Waals surface area contributed by atoms with Gasteiger partial charge in [0.25, 0.3) is 11.8 Å². The van der Waals surface area contributed by atoms with Crippen LogP contribution in [0, 0.1) is 0 Å². The number of ether oxygens (including phenoxy) is 2. The van der Waals surface area contributed by atoms with E-state index >= 15 is 0 Å². The van der Waals surface area contributed by atoms with Gasteiger partial charge in [-0.2, -0.15) is 0 Å². The van der Waals surface area contributed by atoms with Crippen LogP contribution >= 0.6 is 0 Å². The van der Waals surface area contributed by atoms with Crippen LogP contribution in [-0.2, 0) is 9.47 Å². The minimum absolute atomic E-state index is 0.327. The second-order valence-electron chi connectivity index (χ2n) is 11.7. The number of amides is 2. The number of benzene rings is 2. The van der Waals surface area contributed by atoms with Gasteiger partial charge < -0.3 is 61.0 Å². The van der Waals surface area contributed by atoms with E-state index in [1.807, 2.05) is 0 Å². The lowest BCUT2D eigenvalue weighted by molar-refractivity contribution is -0.231. The molecule has 46 heavy (non-hydrogen) atoms. The molecule has 14 heteroatoms. The molecule has 254 valence electrons. The molecule has 0 unspecified atom stereocenters. The van der Waals surface area contributed by atoms with Gasteiger partial charge >= 0.3 is 0 Å². The molecule has 0 radical (unpaired) electrons. The Morgan fingerprint density at radius 1 is 0.565 bits per heavy atom. The summed E-state index contributed by atoms with van der Waals surface area (Å²) in [7, 11) is 0. The number of nitrogens with one attached hydrogen (secondary N) is 2. The topological polar surface area (TPSA) is 238 Å². The molecule has 2 amide bonds. The fraction of sp³-hybridized carbons (Fsp3) is 0.562. The van der Waals surface area contributed by atoms with Crippen LogP contribution < -0.4 is 10.6 Å². The minimum Gasteiger partial charge on any atom is -0.394 e. The molecule has 0 aliphatic carbocycles. The number of aliphatic hydroxyl groups excluding tert-OH is 8. The van der Waals surface area contributed by atoms with E-state index in [0.717, 1.165) is 12.8 Å². The Kier molecular flexibility index (Phi) is 13.0. The Morgan fingerprint density at radius 2 is 0.957 bits per heavy atom. The zero-order valence-electron chi connectivity index (χ0n) is 25.3. The smallest absolute Gasteiger partial charge is 0.251 e. The maximum Gasteiger partial charge on any atom is 0.251 e. The second-order valence-corrected chi connectivity index (χ2v) is 11.7. The summed E-state index contributed by atoms with van der Waals surface area (Å²) in [5, 5.41) is 85.5. The van der Waals surface area contributed by atoms with Gasteiger partial charge in [-0.25, -0.2) is 0 Å². The first-order valence-corrected chi connectivity index (χ1v) is 15.4. The Balaban J connectivity index is 1.16. The van der Waals surface area contributed by atoms with Gasteiger partial charge in [-0.3, -0.25) is 9.59 Å². The predicted molar refractivity (Wildman–Crippen MR) is 161 cm³/mol. The summed E-state index contributed by atoms with van der Waals surface area (Å²) < 4.78 is 11.2. The van der Waals surface area contributed by atoms with Crippen LogP contribution in [-0.4, -0.2) is 128 Å². The van der Waals surface area contributed by atoms with Crippen molar-refractivity contribution in [1.29, 1.82) is 0 Å². The maximum absolute atomic E-state index is 12.7. The van der Waals surface area contributed by atoms with E-state index in [9.17, 15) is 50.4 Å². The van der Waals surface area contributed by atoms with E-state index < -0.39 is 74.3 Å². The highest BCUT2D eigenvalue weighted by Crippen LogP contribution is 2.34. The van der Waals surface area contributed by atoms with E-state index in [1.54, 1.807) is 36.4 Å². The molecule has 0 spiro atoms. The van der Waals surface area contributed by atoms with Crippen LogP contribution in [0.1, 0.15) is 69.7 Å². The van der Waals surface area contributed by atoms with Gasteiger partial charge in [0.15, 0.2) is 0 Å². The Morgan fingerprint density at radius 3 is 1.33 bits per heavy atom. The van der Waals surface area contributed by atoms with Crippen LogP contribution in [0.25, 0.3) is 0 Å². The fourth-order valence-corrected chi connectivity index (χ4v) is 5.68. The normalized spacial score (nSPS) is 31.3. The second kappa shape index (κ2) is 16.7. The molecule has 2 aromatic carbocycles. The summed E-state index contributed by atoms with van der Waals surface area (Å²) in [4.78, 5) is 25.4. The molecule has 2 aliphatic heterocycles. The molecule has 14 nitrogen and oxygen atoms in total. The number of hydrogen-bond acceptors (Lipinski definition) is 12. The van der Waals surface area contributed by atoms with E-state index in [-0.39, 0.29) is 11.8 Å². The van der Waals surface area contributed by atoms with Gasteiger partial charge in [0.2, 0.25) is 0 Å². The number of hydrogen-bond donors (Lipinski definition) is 10. The summed E-state index contributed by atoms with van der Waals surface area (Å²) in [6.07, 6.45) is -10.0. The van der Waals surface area contributed by atoms with Crippen LogP contribution in [0.15, 0.2) is 48.5 Å². The molecule has 2 fully saturated rings. The van der Waals surface area contributed by atoms with Crippen molar-refractivity contribution in [2.24, 2.45) is 0 Å². The van der Waals surface area contributed by atoms with Crippen molar-refractivity contribution >= 4 is 11.8 Å². The van der Waals surface area contributed by atoms with Gasteiger partial charge in [0.05, 0.1) is 13.2 Å². The van der Waals surface area contributed by atoms with Crippen LogP contribution in [0.5, 0.6) is 0 Å². The number of unbranched alkanes of at least 4 members (excludes halogenated alkanes) is 3. The predicted octanol–water partition coefficient (Wildman–Crippen LogP) is -1.56. The molecule has 10 atom stereocenters. The third kappa shape index (κ3) is 8.46. The van der Waals surface area contributed by atoms with Crippen molar-refractivity contribution in [3.05, 3.63) is 70.8 Å². The van der Waals surface area contributed by atoms with Crippen LogP contribution in [0.3, 0.4) is 0 Å². The Hall–Kier alpha value is -3.02. The first-order chi connectivity index (χ1) is 22.1. The third-order valence-electron chi connectivity index (χ3n) is 8.41. The number of rotatable bonds is 13. The summed E-state index contributed by atoms with van der Waals surface area (Å²) in [6, 6.07) is 12.8. The Labute approximate surface area is 266 Å². The average Bonchev–Trinajstić information content (AvgIpc) is 3.07. The highest BCUT2D eigenvalue weighted by atomic mass is 16.6. The van der Waals surface area contributed by atoms with Crippen LogP contribution in [0.4, 0.5) is 0 Å². The highest BCUT2D eigenvalue weighted by molar-refractivity contribution is 5.94. The van der Waals surface area contributed by atoms with Crippen molar-refractivity contribution in [2.75, 3.05) is 26.3 Å². The molecule has 0 aromatic heterocycles. The zero-order chi connectivity index (χ0) is 33.4. The van der Waals surface area contributed by atoms with E-state index in [2.05, 4.69) is 10.6 Å². The highest BCUT2D eigenvalue weighted by Gasteiger charge is 2.45. The van der Waals surface area contributed by atoms with Gasteiger partial charge in [-0.15, -0.1) is 0 Å². The molecule has 2 aromatic rings. The summed E-state index contributed by atoms with van der Waals surface area (Å²) in [6.45, 7) is -0.257. The fourth-order valence-electron chi connectivity index (χ4n) is 5.68. The maximum atomic E-state index is 12.7. The number of carbonyl (C=O) groups is 2. The lowest BCUT2D eigenvalue weighted by atomic mass is 9.90. The van der Waals surface area contributed by atoms with Crippen molar-refractivity contribution in [3.8, 4) is 0 Å². The van der Waals surface area contributed by atoms with Crippen LogP contribution in [0.2, 0.25) is 0 Å². The molecular weight excluding hydrogens is 604 g/mol. The molecule has 2 heterocycles. The first kappa shape index (κ1) is 35.8. The summed E-state index contributed by atoms with van der Waals surface area (Å²) >= 11 is 0. The average molecular weight is 649 g/mol. The molecule has 10 N–H and O–H groups in total. The van der Waals surface area contributed by atoms with E-state index in [4.69, 9.17) is 9.47 Å². The third-order valence-corrected chi connectivity index (χ3v) is 8.41. The van der Waals surface area contributed by atoms with Gasteiger partial charge in [0.1, 0.15) is 61.0 Å². The van der Waals surface area contributed by atoms with E-state index in [1.165, 1.54) is 12.1 Å². The molecule has 0 saturated carbocycles. The monoisotopic (exact) mass is 648 g/mol. The van der Waals surface area contributed by atoms with Gasteiger partial charge in [0, 0.05) is 24.2 Å². The molecule has 2 saturated heterocycles. The summed E-state index contributed by atoms with van der Waals surface area (Å²) in [5.41, 5.74) is 1.50. The van der Waals surface area contributed by atoms with E-state index in [0.29, 0.717) is 48.2 Å². The minimum atomic E-state index is -1.52. The van der Waals surface area contributed by atoms with Crippen molar-refractivity contribution in [3.63, 3.8) is 0 Å². The molecule has 2 aliphatic rings. The number of carbonyl (C=O) groups excluding carboxylic acids is 2. The van der Waals surface area contributed by atoms with Crippen molar-refractivity contribution in [1.82, 2.24) is 10.6 Å². The Bertz CT molecular complexity index is 1200. The first-order valence-electron chi connectivity index (χ1n) is 15.4. The zero-order valence-corrected chi connectivity index (χ0v) is 25.3. The lowest BCUT2D eigenvalue weighted by Gasteiger charge is -2.40. The van der Waals surface area contributed by atoms with Crippen molar-refractivity contribution in [2.45, 2.75) is 86.7 Å². The SMILES string of the molecule is O=C(NCCCCCCNC(=O)c1cccc([C@H]2O[C@H](CO)[C@@H](O)[C@H](O)[C@@H]2O)c1)c1cccc([C@H]2O[C@H](CO)[C@@H](O)[C@H](O)[C@H]2O)c1. The number of aliphatic hydroxyl groups is 8. The van der Waals surface area contributed by atoms with Gasteiger partial charge in [-0.1, -0.05) is 37.1 Å². The molecule has 4 rings (SSSR count). The quantitative estimate of drug-likeness (QED) is 0.111. The van der Waals surface area contributed by atoms with Crippen molar-refractivity contribution < 1.29 is 59.9 Å². The largest absolute Gasteiger partial charge is 0.394 e. The van der Waals surface area contributed by atoms with Gasteiger partial charge in [-0.05, 0) is 48.2 Å². The molecular formula is C32H44N2O12.